The average molecular weight is 514 g/mol. The molecular weight excluding hydrogens is 483 g/mol. The molecule has 1 aromatic carbocycles. The van der Waals surface area contributed by atoms with Gasteiger partial charge < -0.3 is 15.4 Å². The Hall–Kier alpha value is -1.32. The van der Waals surface area contributed by atoms with E-state index in [0.29, 0.717) is 5.92 Å². The highest BCUT2D eigenvalue weighted by molar-refractivity contribution is 14.0. The summed E-state index contributed by atoms with van der Waals surface area (Å²) in [7, 11) is 3.51. The van der Waals surface area contributed by atoms with Gasteiger partial charge in [0.25, 0.3) is 0 Å². The fourth-order valence-electron chi connectivity index (χ4n) is 3.48. The average Bonchev–Trinajstić information content (AvgIpc) is 3.22. The second kappa shape index (κ2) is 12.3. The predicted octanol–water partition coefficient (Wildman–Crippen LogP) is 3.95. The van der Waals surface area contributed by atoms with Crippen LogP contribution in [0.25, 0.3) is 0 Å². The van der Waals surface area contributed by atoms with Gasteiger partial charge in [-0.05, 0) is 54.4 Å². The van der Waals surface area contributed by atoms with Crippen LogP contribution in [0.2, 0.25) is 0 Å². The molecule has 5 nitrogen and oxygen atoms in total. The maximum absolute atomic E-state index is 5.20. The van der Waals surface area contributed by atoms with E-state index in [2.05, 4.69) is 50.2 Å². The molecule has 1 aliphatic heterocycles. The van der Waals surface area contributed by atoms with Gasteiger partial charge in [0.15, 0.2) is 5.96 Å². The minimum absolute atomic E-state index is 0. The predicted molar refractivity (Wildman–Crippen MR) is 129 cm³/mol. The summed E-state index contributed by atoms with van der Waals surface area (Å²) in [4.78, 5) is 8.40. The number of aliphatic imine (C=N–C) groups is 1. The molecule has 0 saturated carbocycles. The summed E-state index contributed by atoms with van der Waals surface area (Å²) in [6, 6.07) is 12.5. The molecule has 3 rings (SSSR count). The van der Waals surface area contributed by atoms with Crippen LogP contribution in [0.4, 0.5) is 0 Å². The summed E-state index contributed by atoms with van der Waals surface area (Å²) >= 11 is 1.85. The molecule has 154 valence electrons. The van der Waals surface area contributed by atoms with Crippen molar-refractivity contribution in [3.63, 3.8) is 0 Å². The fourth-order valence-corrected chi connectivity index (χ4v) is 4.22. The van der Waals surface area contributed by atoms with Crippen molar-refractivity contribution >= 4 is 41.3 Å². The zero-order valence-corrected chi connectivity index (χ0v) is 19.8. The molecule has 1 aromatic heterocycles. The molecule has 2 N–H and O–H groups in total. The van der Waals surface area contributed by atoms with E-state index in [-0.39, 0.29) is 24.0 Å². The third-order valence-electron chi connectivity index (χ3n) is 4.96. The standard InChI is InChI=1S/C21H30N4OS.HI/c1-22-21(23-13-17-7-9-19(26-2)10-8-17)24-14-18-5-3-11-25(15-18)16-20-6-4-12-27-20;/h4,6-10,12,18H,3,5,11,13-16H2,1-2H3,(H2,22,23,24);1H. The first-order valence-electron chi connectivity index (χ1n) is 9.59. The molecule has 0 amide bonds. The van der Waals surface area contributed by atoms with Crippen molar-refractivity contribution in [2.75, 3.05) is 33.8 Å². The lowest BCUT2D eigenvalue weighted by Gasteiger charge is -2.32. The molecular formula is C21H31IN4OS. The van der Waals surface area contributed by atoms with E-state index in [1.165, 1.54) is 29.8 Å². The van der Waals surface area contributed by atoms with Crippen molar-refractivity contribution in [1.29, 1.82) is 0 Å². The van der Waals surface area contributed by atoms with Gasteiger partial charge in [-0.1, -0.05) is 18.2 Å². The van der Waals surface area contributed by atoms with Crippen LogP contribution in [0, 0.1) is 5.92 Å². The normalized spacial score (nSPS) is 17.6. The number of rotatable bonds is 7. The Morgan fingerprint density at radius 1 is 1.25 bits per heavy atom. The summed E-state index contributed by atoms with van der Waals surface area (Å²) in [5, 5.41) is 9.06. The van der Waals surface area contributed by atoms with Crippen LogP contribution in [0.15, 0.2) is 46.8 Å². The summed E-state index contributed by atoms with van der Waals surface area (Å²) in [5.41, 5.74) is 1.21. The van der Waals surface area contributed by atoms with Gasteiger partial charge in [-0.25, -0.2) is 0 Å². The Kier molecular flexibility index (Phi) is 10.1. The van der Waals surface area contributed by atoms with Gasteiger partial charge in [0.05, 0.1) is 7.11 Å². The smallest absolute Gasteiger partial charge is 0.191 e. The number of likely N-dealkylation sites (tertiary alicyclic amines) is 1. The van der Waals surface area contributed by atoms with Crippen molar-refractivity contribution in [1.82, 2.24) is 15.5 Å². The third-order valence-corrected chi connectivity index (χ3v) is 5.82. The van der Waals surface area contributed by atoms with Crippen LogP contribution in [0.1, 0.15) is 23.3 Å². The van der Waals surface area contributed by atoms with Crippen molar-refractivity contribution in [3.05, 3.63) is 52.2 Å². The van der Waals surface area contributed by atoms with Crippen molar-refractivity contribution in [2.45, 2.75) is 25.9 Å². The molecule has 0 radical (unpaired) electrons. The van der Waals surface area contributed by atoms with Crippen LogP contribution < -0.4 is 15.4 Å². The van der Waals surface area contributed by atoms with E-state index >= 15 is 0 Å². The SMILES string of the molecule is CN=C(NCc1ccc(OC)cc1)NCC1CCCN(Cc2cccs2)C1.I. The van der Waals surface area contributed by atoms with Crippen LogP contribution in [0.3, 0.4) is 0 Å². The Bertz CT molecular complexity index is 706. The molecule has 7 heteroatoms. The Balaban J connectivity index is 0.00000280. The second-order valence-corrected chi connectivity index (χ2v) is 8.01. The first kappa shape index (κ1) is 23.0. The maximum atomic E-state index is 5.20. The number of benzene rings is 1. The van der Waals surface area contributed by atoms with Gasteiger partial charge in [-0.3, -0.25) is 9.89 Å². The summed E-state index contributed by atoms with van der Waals surface area (Å²) in [5.74, 6) is 2.41. The van der Waals surface area contributed by atoms with Crippen LogP contribution in [-0.4, -0.2) is 44.7 Å². The number of halogens is 1. The molecule has 1 atom stereocenters. The minimum Gasteiger partial charge on any atom is -0.497 e. The lowest BCUT2D eigenvalue weighted by Crippen LogP contribution is -2.44. The zero-order chi connectivity index (χ0) is 18.9. The molecule has 1 unspecified atom stereocenters. The quantitative estimate of drug-likeness (QED) is 0.334. The molecule has 2 heterocycles. The number of guanidine groups is 1. The molecule has 0 spiro atoms. The van der Waals surface area contributed by atoms with Crippen LogP contribution in [-0.2, 0) is 13.1 Å². The van der Waals surface area contributed by atoms with E-state index < -0.39 is 0 Å². The number of piperidine rings is 1. The highest BCUT2D eigenvalue weighted by Gasteiger charge is 2.20. The highest BCUT2D eigenvalue weighted by atomic mass is 127. The van der Waals surface area contributed by atoms with E-state index in [1.807, 2.05) is 30.5 Å². The van der Waals surface area contributed by atoms with Gasteiger partial charge >= 0.3 is 0 Å². The van der Waals surface area contributed by atoms with E-state index in [0.717, 1.165) is 37.9 Å². The summed E-state index contributed by atoms with van der Waals surface area (Å²) in [6.07, 6.45) is 2.55. The largest absolute Gasteiger partial charge is 0.497 e. The lowest BCUT2D eigenvalue weighted by atomic mass is 9.98. The summed E-state index contributed by atoms with van der Waals surface area (Å²) < 4.78 is 5.20. The molecule has 2 aromatic rings. The fraction of sp³-hybridized carbons (Fsp3) is 0.476. The van der Waals surface area contributed by atoms with Gasteiger partial charge in [0.1, 0.15) is 5.75 Å². The Morgan fingerprint density at radius 3 is 2.75 bits per heavy atom. The Labute approximate surface area is 189 Å². The molecule has 1 aliphatic rings. The van der Waals surface area contributed by atoms with Gasteiger partial charge in [-0.2, -0.15) is 0 Å². The van der Waals surface area contributed by atoms with Gasteiger partial charge in [0, 0.05) is 38.1 Å². The molecule has 0 aliphatic carbocycles. The van der Waals surface area contributed by atoms with Crippen molar-refractivity contribution in [3.8, 4) is 5.75 Å². The topological polar surface area (TPSA) is 48.9 Å². The molecule has 28 heavy (non-hydrogen) atoms. The molecule has 1 saturated heterocycles. The van der Waals surface area contributed by atoms with Crippen molar-refractivity contribution in [2.24, 2.45) is 10.9 Å². The van der Waals surface area contributed by atoms with E-state index in [9.17, 15) is 0 Å². The number of methoxy groups -OCH3 is 1. The molecule has 0 bridgehead atoms. The monoisotopic (exact) mass is 514 g/mol. The first-order valence-corrected chi connectivity index (χ1v) is 10.5. The van der Waals surface area contributed by atoms with Crippen LogP contribution >= 0.6 is 35.3 Å². The minimum atomic E-state index is 0. The number of nitrogens with zero attached hydrogens (tertiary/aromatic N) is 2. The number of hydrogen-bond acceptors (Lipinski definition) is 4. The molecule has 1 fully saturated rings. The highest BCUT2D eigenvalue weighted by Crippen LogP contribution is 2.20. The van der Waals surface area contributed by atoms with E-state index in [4.69, 9.17) is 4.74 Å². The lowest BCUT2D eigenvalue weighted by molar-refractivity contribution is 0.169. The number of nitrogens with one attached hydrogen (secondary N) is 2. The third kappa shape index (κ3) is 7.25. The van der Waals surface area contributed by atoms with Gasteiger partial charge in [-0.15, -0.1) is 35.3 Å². The van der Waals surface area contributed by atoms with Crippen LogP contribution in [0.5, 0.6) is 5.75 Å². The van der Waals surface area contributed by atoms with E-state index in [1.54, 1.807) is 7.11 Å². The van der Waals surface area contributed by atoms with Crippen molar-refractivity contribution < 1.29 is 4.74 Å². The number of hydrogen-bond donors (Lipinski definition) is 2. The summed E-state index contributed by atoms with van der Waals surface area (Å²) in [6.45, 7) is 5.15. The Morgan fingerprint density at radius 2 is 2.07 bits per heavy atom. The van der Waals surface area contributed by atoms with Gasteiger partial charge in [0.2, 0.25) is 0 Å². The first-order chi connectivity index (χ1) is 13.3. The maximum Gasteiger partial charge on any atom is 0.191 e. The number of ether oxygens (including phenoxy) is 1. The second-order valence-electron chi connectivity index (χ2n) is 6.98. The zero-order valence-electron chi connectivity index (χ0n) is 16.7. The number of thiophene rings is 1.